The number of hydrogen-bond acceptors (Lipinski definition) is 5. The van der Waals surface area contributed by atoms with Crippen molar-refractivity contribution in [3.8, 4) is 0 Å². The Labute approximate surface area is 123 Å². The molecule has 0 fully saturated rings. The molecule has 0 unspecified atom stereocenters. The van der Waals surface area contributed by atoms with E-state index in [2.05, 4.69) is 10.1 Å². The van der Waals surface area contributed by atoms with Crippen molar-refractivity contribution in [2.45, 2.75) is 17.9 Å². The van der Waals surface area contributed by atoms with Gasteiger partial charge in [0.25, 0.3) is 0 Å². The van der Waals surface area contributed by atoms with E-state index < -0.39 is 0 Å². The largest absolute Gasteiger partial charge is 0.469 e. The molecule has 1 N–H and O–H groups in total. The van der Waals surface area contributed by atoms with Crippen LogP contribution in [-0.4, -0.2) is 39.1 Å². The Morgan fingerprint density at radius 1 is 1.40 bits per heavy atom. The number of carbonyl (C=O) groups excluding carboxylic acids is 1. The Morgan fingerprint density at radius 2 is 2.20 bits per heavy atom. The van der Waals surface area contributed by atoms with Crippen LogP contribution in [0.4, 0.5) is 4.39 Å². The number of nitrogens with one attached hydrogen (secondary N) is 1. The zero-order valence-electron chi connectivity index (χ0n) is 11.8. The van der Waals surface area contributed by atoms with Crippen LogP contribution >= 0.6 is 11.8 Å². The summed E-state index contributed by atoms with van der Waals surface area (Å²) in [4.78, 5) is 12.0. The van der Waals surface area contributed by atoms with E-state index in [1.807, 2.05) is 0 Å². The van der Waals surface area contributed by atoms with Gasteiger partial charge in [-0.3, -0.25) is 4.79 Å². The van der Waals surface area contributed by atoms with E-state index in [-0.39, 0.29) is 11.8 Å². The zero-order valence-corrected chi connectivity index (χ0v) is 12.6. The summed E-state index contributed by atoms with van der Waals surface area (Å²) in [6, 6.07) is 4.68. The molecule has 6 heteroatoms. The van der Waals surface area contributed by atoms with Crippen LogP contribution in [0.3, 0.4) is 0 Å². The molecule has 0 heterocycles. The number of halogens is 1. The fraction of sp³-hybridized carbons (Fsp3) is 0.500. The van der Waals surface area contributed by atoms with E-state index in [1.165, 1.54) is 31.0 Å². The first-order valence-electron chi connectivity index (χ1n) is 6.35. The Kier molecular flexibility index (Phi) is 8.25. The van der Waals surface area contributed by atoms with Gasteiger partial charge < -0.3 is 14.8 Å². The maximum absolute atomic E-state index is 13.3. The van der Waals surface area contributed by atoms with E-state index in [0.717, 1.165) is 10.5 Å². The Balaban J connectivity index is 2.53. The van der Waals surface area contributed by atoms with Crippen LogP contribution in [-0.2, 0) is 20.8 Å². The molecular formula is C14H20FNO3S. The molecule has 0 aromatic heterocycles. The average Bonchev–Trinajstić information content (AvgIpc) is 2.45. The van der Waals surface area contributed by atoms with Crippen LogP contribution in [0.2, 0.25) is 0 Å². The van der Waals surface area contributed by atoms with Crippen molar-refractivity contribution in [3.05, 3.63) is 29.6 Å². The van der Waals surface area contributed by atoms with Gasteiger partial charge in [-0.05, 0) is 23.8 Å². The van der Waals surface area contributed by atoms with Crippen LogP contribution in [0.15, 0.2) is 23.1 Å². The van der Waals surface area contributed by atoms with Crippen molar-refractivity contribution in [1.29, 1.82) is 0 Å². The monoisotopic (exact) mass is 301 g/mol. The SMILES string of the molecule is COCCNCc1cc(F)ccc1SCCC(=O)OC. The third-order valence-electron chi connectivity index (χ3n) is 2.61. The van der Waals surface area contributed by atoms with Gasteiger partial charge in [-0.1, -0.05) is 0 Å². The van der Waals surface area contributed by atoms with E-state index in [0.29, 0.717) is 31.9 Å². The molecular weight excluding hydrogens is 281 g/mol. The lowest BCUT2D eigenvalue weighted by Crippen LogP contribution is -2.19. The molecule has 112 valence electrons. The van der Waals surface area contributed by atoms with Crippen LogP contribution in [0.5, 0.6) is 0 Å². The van der Waals surface area contributed by atoms with E-state index in [1.54, 1.807) is 13.2 Å². The average molecular weight is 301 g/mol. The number of esters is 1. The van der Waals surface area contributed by atoms with E-state index in [4.69, 9.17) is 4.74 Å². The maximum Gasteiger partial charge on any atom is 0.306 e. The van der Waals surface area contributed by atoms with Crippen molar-refractivity contribution in [3.63, 3.8) is 0 Å². The number of methoxy groups -OCH3 is 2. The van der Waals surface area contributed by atoms with Gasteiger partial charge in [0, 0.05) is 30.8 Å². The highest BCUT2D eigenvalue weighted by Gasteiger charge is 2.07. The van der Waals surface area contributed by atoms with Gasteiger partial charge in [-0.15, -0.1) is 11.8 Å². The van der Waals surface area contributed by atoms with Gasteiger partial charge in [0.15, 0.2) is 0 Å². The molecule has 0 aliphatic heterocycles. The van der Waals surface area contributed by atoms with Crippen LogP contribution in [0.25, 0.3) is 0 Å². The molecule has 0 aliphatic carbocycles. The molecule has 20 heavy (non-hydrogen) atoms. The molecule has 1 rings (SSSR count). The Morgan fingerprint density at radius 3 is 2.90 bits per heavy atom. The van der Waals surface area contributed by atoms with Gasteiger partial charge in [-0.25, -0.2) is 4.39 Å². The molecule has 0 radical (unpaired) electrons. The highest BCUT2D eigenvalue weighted by Crippen LogP contribution is 2.24. The van der Waals surface area contributed by atoms with Crippen molar-refractivity contribution in [2.75, 3.05) is 33.1 Å². The molecule has 0 bridgehead atoms. The topological polar surface area (TPSA) is 47.6 Å². The second-order valence-electron chi connectivity index (χ2n) is 4.10. The summed E-state index contributed by atoms with van der Waals surface area (Å²) in [6.45, 7) is 1.89. The molecule has 0 atom stereocenters. The lowest BCUT2D eigenvalue weighted by Gasteiger charge is -2.10. The normalized spacial score (nSPS) is 10.6. The summed E-state index contributed by atoms with van der Waals surface area (Å²) in [6.07, 6.45) is 0.342. The first-order chi connectivity index (χ1) is 9.67. The minimum atomic E-state index is -0.258. The van der Waals surface area contributed by atoms with Crippen molar-refractivity contribution >= 4 is 17.7 Å². The molecule has 0 saturated carbocycles. The molecule has 0 spiro atoms. The third-order valence-corrected chi connectivity index (χ3v) is 3.73. The van der Waals surface area contributed by atoms with Crippen molar-refractivity contribution in [2.24, 2.45) is 0 Å². The quantitative estimate of drug-likeness (QED) is 0.430. The molecule has 0 aliphatic rings. The number of hydrogen-bond donors (Lipinski definition) is 1. The molecule has 0 amide bonds. The minimum absolute atomic E-state index is 0.237. The van der Waals surface area contributed by atoms with Crippen molar-refractivity contribution in [1.82, 2.24) is 5.32 Å². The fourth-order valence-electron chi connectivity index (χ4n) is 1.57. The van der Waals surface area contributed by atoms with Gasteiger partial charge in [0.2, 0.25) is 0 Å². The number of carbonyl (C=O) groups is 1. The Hall–Kier alpha value is -1.11. The summed E-state index contributed by atoms with van der Waals surface area (Å²) in [5.74, 6) is 0.119. The van der Waals surface area contributed by atoms with Crippen LogP contribution in [0, 0.1) is 5.82 Å². The van der Waals surface area contributed by atoms with E-state index >= 15 is 0 Å². The predicted molar refractivity (Wildman–Crippen MR) is 77.3 cm³/mol. The Bertz CT molecular complexity index is 429. The highest BCUT2D eigenvalue weighted by atomic mass is 32.2. The fourth-order valence-corrected chi connectivity index (χ4v) is 2.54. The number of ether oxygens (including phenoxy) is 2. The number of rotatable bonds is 9. The number of thioether (sulfide) groups is 1. The third kappa shape index (κ3) is 6.36. The summed E-state index contributed by atoms with van der Waals surface area (Å²) in [7, 11) is 3.01. The zero-order chi connectivity index (χ0) is 14.8. The molecule has 1 aromatic carbocycles. The molecule has 0 saturated heterocycles. The summed E-state index contributed by atoms with van der Waals surface area (Å²) >= 11 is 1.52. The lowest BCUT2D eigenvalue weighted by molar-refractivity contribution is -0.140. The first kappa shape index (κ1) is 16.9. The predicted octanol–water partition coefficient (Wildman–Crippen LogP) is 2.22. The van der Waals surface area contributed by atoms with Crippen LogP contribution < -0.4 is 5.32 Å². The maximum atomic E-state index is 13.3. The molecule has 1 aromatic rings. The van der Waals surface area contributed by atoms with Gasteiger partial charge in [-0.2, -0.15) is 0 Å². The summed E-state index contributed by atoms with van der Waals surface area (Å²) in [5, 5.41) is 3.18. The lowest BCUT2D eigenvalue weighted by atomic mass is 10.2. The number of benzene rings is 1. The van der Waals surface area contributed by atoms with E-state index in [9.17, 15) is 9.18 Å². The first-order valence-corrected chi connectivity index (χ1v) is 7.33. The minimum Gasteiger partial charge on any atom is -0.469 e. The smallest absolute Gasteiger partial charge is 0.306 e. The standard InChI is InChI=1S/C14H20FNO3S/c1-18-7-6-16-10-11-9-12(15)3-4-13(11)20-8-5-14(17)19-2/h3-4,9,16H,5-8,10H2,1-2H3. The molecule has 4 nitrogen and oxygen atoms in total. The van der Waals surface area contributed by atoms with Crippen LogP contribution in [0.1, 0.15) is 12.0 Å². The van der Waals surface area contributed by atoms with Crippen molar-refractivity contribution < 1.29 is 18.7 Å². The van der Waals surface area contributed by atoms with Gasteiger partial charge >= 0.3 is 5.97 Å². The summed E-state index contributed by atoms with van der Waals surface area (Å²) < 4.78 is 22.8. The second-order valence-corrected chi connectivity index (χ2v) is 5.23. The van der Waals surface area contributed by atoms with Gasteiger partial charge in [0.1, 0.15) is 5.82 Å². The summed E-state index contributed by atoms with van der Waals surface area (Å²) in [5.41, 5.74) is 0.885. The van der Waals surface area contributed by atoms with Gasteiger partial charge in [0.05, 0.1) is 20.1 Å². The highest BCUT2D eigenvalue weighted by molar-refractivity contribution is 7.99. The second kappa shape index (κ2) is 9.74.